The van der Waals surface area contributed by atoms with Crippen molar-refractivity contribution in [1.29, 1.82) is 0 Å². The summed E-state index contributed by atoms with van der Waals surface area (Å²) in [7, 11) is -2.67. The van der Waals surface area contributed by atoms with E-state index >= 15 is 0 Å². The van der Waals surface area contributed by atoms with Gasteiger partial charge < -0.3 is 10.1 Å². The molecule has 6 nitrogen and oxygen atoms in total. The van der Waals surface area contributed by atoms with Crippen LogP contribution >= 0.6 is 0 Å². The maximum atomic E-state index is 14.0. The topological polar surface area (TPSA) is 84.5 Å². The molecule has 0 heterocycles. The van der Waals surface area contributed by atoms with Crippen molar-refractivity contribution in [2.24, 2.45) is 0 Å². The zero-order valence-corrected chi connectivity index (χ0v) is 18.2. The van der Waals surface area contributed by atoms with Crippen LogP contribution in [0.15, 0.2) is 71.6 Å². The van der Waals surface area contributed by atoms with Gasteiger partial charge in [0.15, 0.2) is 0 Å². The van der Waals surface area contributed by atoms with Crippen molar-refractivity contribution in [1.82, 2.24) is 4.72 Å². The second kappa shape index (κ2) is 9.88. The molecule has 0 saturated carbocycles. The van der Waals surface area contributed by atoms with Gasteiger partial charge in [0, 0.05) is 0 Å². The number of benzene rings is 3. The molecule has 0 fully saturated rings. The highest BCUT2D eigenvalue weighted by atomic mass is 32.2. The number of carbonyl (C=O) groups is 1. The third kappa shape index (κ3) is 5.49. The van der Waals surface area contributed by atoms with Gasteiger partial charge >= 0.3 is 0 Å². The molecule has 0 aliphatic heterocycles. The first kappa shape index (κ1) is 23.4. The molecule has 0 spiro atoms. The molecule has 0 bridgehead atoms. The van der Waals surface area contributed by atoms with E-state index in [2.05, 4.69) is 10.0 Å². The van der Waals surface area contributed by atoms with Gasteiger partial charge in [0.2, 0.25) is 15.9 Å². The molecular formula is C23H22F2N2O4S. The molecule has 0 unspecified atom stereocenters. The van der Waals surface area contributed by atoms with Gasteiger partial charge in [-0.15, -0.1) is 0 Å². The number of methoxy groups -OCH3 is 1. The number of amides is 1. The third-order valence-corrected chi connectivity index (χ3v) is 6.25. The number of rotatable bonds is 8. The Morgan fingerprint density at radius 1 is 1.00 bits per heavy atom. The zero-order valence-electron chi connectivity index (χ0n) is 17.4. The fourth-order valence-electron chi connectivity index (χ4n) is 3.14. The van der Waals surface area contributed by atoms with Crippen LogP contribution in [-0.4, -0.2) is 27.5 Å². The van der Waals surface area contributed by atoms with Crippen molar-refractivity contribution in [3.05, 3.63) is 89.5 Å². The average Bonchev–Trinajstić information content (AvgIpc) is 2.76. The van der Waals surface area contributed by atoms with E-state index in [1.807, 2.05) is 0 Å². The second-order valence-corrected chi connectivity index (χ2v) is 8.79. The first-order valence-corrected chi connectivity index (χ1v) is 11.2. The number of halogens is 2. The van der Waals surface area contributed by atoms with Gasteiger partial charge in [0.1, 0.15) is 29.1 Å². The van der Waals surface area contributed by atoms with Crippen molar-refractivity contribution in [3.63, 3.8) is 0 Å². The van der Waals surface area contributed by atoms with Gasteiger partial charge in [-0.3, -0.25) is 4.79 Å². The van der Waals surface area contributed by atoms with Crippen LogP contribution in [0.2, 0.25) is 0 Å². The first-order chi connectivity index (χ1) is 15.2. The number of sulfonamides is 1. The van der Waals surface area contributed by atoms with E-state index in [4.69, 9.17) is 4.74 Å². The molecule has 0 radical (unpaired) electrons. The smallest absolute Gasteiger partial charge is 0.243 e. The lowest BCUT2D eigenvalue weighted by molar-refractivity contribution is -0.117. The van der Waals surface area contributed by atoms with Crippen LogP contribution in [0.3, 0.4) is 0 Å². The molecule has 3 rings (SSSR count). The Labute approximate surface area is 185 Å². The van der Waals surface area contributed by atoms with Crippen LogP contribution in [0.4, 0.5) is 14.5 Å². The van der Waals surface area contributed by atoms with Crippen LogP contribution in [0.25, 0.3) is 0 Å². The SMILES string of the molecule is COc1ccc(S(=O)(=O)N[C@@H](Cc2ccccc2)C(=O)Nc2c(F)cccc2F)cc1C. The highest BCUT2D eigenvalue weighted by molar-refractivity contribution is 7.89. The molecule has 0 saturated heterocycles. The summed E-state index contributed by atoms with van der Waals surface area (Å²) in [5, 5.41) is 2.17. The van der Waals surface area contributed by atoms with Crippen LogP contribution in [-0.2, 0) is 21.2 Å². The molecule has 0 aromatic heterocycles. The third-order valence-electron chi connectivity index (χ3n) is 4.78. The van der Waals surface area contributed by atoms with Gasteiger partial charge in [-0.05, 0) is 54.8 Å². The van der Waals surface area contributed by atoms with E-state index in [9.17, 15) is 22.0 Å². The lowest BCUT2D eigenvalue weighted by atomic mass is 10.1. The molecule has 3 aromatic carbocycles. The minimum absolute atomic E-state index is 0.0306. The summed E-state index contributed by atoms with van der Waals surface area (Å²) in [6.07, 6.45) is -0.0306. The number of hydrogen-bond donors (Lipinski definition) is 2. The predicted octanol–water partition coefficient (Wildman–Crippen LogP) is 3.81. The Balaban J connectivity index is 1.92. The van der Waals surface area contributed by atoms with Crippen molar-refractivity contribution >= 4 is 21.6 Å². The fourth-order valence-corrected chi connectivity index (χ4v) is 4.42. The van der Waals surface area contributed by atoms with Crippen molar-refractivity contribution in [2.45, 2.75) is 24.3 Å². The Hall–Kier alpha value is -3.30. The molecular weight excluding hydrogens is 438 g/mol. The van der Waals surface area contributed by atoms with E-state index in [-0.39, 0.29) is 11.3 Å². The van der Waals surface area contributed by atoms with E-state index in [1.54, 1.807) is 37.3 Å². The lowest BCUT2D eigenvalue weighted by Gasteiger charge is -2.19. The largest absolute Gasteiger partial charge is 0.496 e. The van der Waals surface area contributed by atoms with Crippen molar-refractivity contribution in [3.8, 4) is 5.75 Å². The summed E-state index contributed by atoms with van der Waals surface area (Å²) >= 11 is 0. The average molecular weight is 461 g/mol. The van der Waals surface area contributed by atoms with E-state index < -0.39 is 39.3 Å². The number of ether oxygens (including phenoxy) is 1. The Kier molecular flexibility index (Phi) is 7.22. The highest BCUT2D eigenvalue weighted by Crippen LogP contribution is 2.22. The lowest BCUT2D eigenvalue weighted by Crippen LogP contribution is -2.45. The number of nitrogens with one attached hydrogen (secondary N) is 2. The van der Waals surface area contributed by atoms with E-state index in [1.165, 1.54) is 25.3 Å². The standard InChI is InChI=1S/C23H22F2N2O4S/c1-15-13-17(11-12-21(15)31-2)32(29,30)27-20(14-16-7-4-3-5-8-16)23(28)26-22-18(24)9-6-10-19(22)25/h3-13,20,27H,14H2,1-2H3,(H,26,28)/t20-/m0/s1. The van der Waals surface area contributed by atoms with Crippen LogP contribution in [0.1, 0.15) is 11.1 Å². The first-order valence-electron chi connectivity index (χ1n) is 9.67. The molecule has 1 atom stereocenters. The Morgan fingerprint density at radius 2 is 1.66 bits per heavy atom. The summed E-state index contributed by atoms with van der Waals surface area (Å²) in [5.41, 5.74) is 0.609. The predicted molar refractivity (Wildman–Crippen MR) is 117 cm³/mol. The second-order valence-electron chi connectivity index (χ2n) is 7.08. The van der Waals surface area contributed by atoms with Gasteiger partial charge in [0.25, 0.3) is 0 Å². The minimum Gasteiger partial charge on any atom is -0.496 e. The van der Waals surface area contributed by atoms with Gasteiger partial charge in [-0.25, -0.2) is 17.2 Å². The molecule has 9 heteroatoms. The molecule has 0 aliphatic carbocycles. The maximum Gasteiger partial charge on any atom is 0.243 e. The molecule has 168 valence electrons. The van der Waals surface area contributed by atoms with E-state index in [0.29, 0.717) is 16.9 Å². The summed E-state index contributed by atoms with van der Waals surface area (Å²) in [4.78, 5) is 12.8. The summed E-state index contributed by atoms with van der Waals surface area (Å²) in [6.45, 7) is 1.69. The van der Waals surface area contributed by atoms with Gasteiger partial charge in [-0.1, -0.05) is 36.4 Å². The zero-order chi connectivity index (χ0) is 23.3. The molecule has 2 N–H and O–H groups in total. The number of aryl methyl sites for hydroxylation is 1. The Bertz CT molecular complexity index is 1200. The molecule has 32 heavy (non-hydrogen) atoms. The van der Waals surface area contributed by atoms with Crippen LogP contribution < -0.4 is 14.8 Å². The Morgan fingerprint density at radius 3 is 2.25 bits per heavy atom. The molecule has 3 aromatic rings. The summed E-state index contributed by atoms with van der Waals surface area (Å²) in [5.74, 6) is -2.32. The van der Waals surface area contributed by atoms with E-state index in [0.717, 1.165) is 18.2 Å². The highest BCUT2D eigenvalue weighted by Gasteiger charge is 2.28. The summed E-state index contributed by atoms with van der Waals surface area (Å²) < 4.78 is 61.5. The van der Waals surface area contributed by atoms with Crippen molar-refractivity contribution < 1.29 is 26.7 Å². The monoisotopic (exact) mass is 460 g/mol. The number of para-hydroxylation sites is 1. The van der Waals surface area contributed by atoms with Crippen LogP contribution in [0, 0.1) is 18.6 Å². The normalized spacial score (nSPS) is 12.2. The quantitative estimate of drug-likeness (QED) is 0.536. The molecule has 1 amide bonds. The van der Waals surface area contributed by atoms with Crippen LogP contribution in [0.5, 0.6) is 5.75 Å². The number of hydrogen-bond acceptors (Lipinski definition) is 4. The number of anilines is 1. The van der Waals surface area contributed by atoms with Gasteiger partial charge in [0.05, 0.1) is 12.0 Å². The molecule has 0 aliphatic rings. The van der Waals surface area contributed by atoms with Crippen molar-refractivity contribution in [2.75, 3.05) is 12.4 Å². The van der Waals surface area contributed by atoms with Gasteiger partial charge in [-0.2, -0.15) is 4.72 Å². The maximum absolute atomic E-state index is 14.0. The number of carbonyl (C=O) groups excluding carboxylic acids is 1. The minimum atomic E-state index is -4.14. The fraction of sp³-hybridized carbons (Fsp3) is 0.174. The summed E-state index contributed by atoms with van der Waals surface area (Å²) in [6, 6.07) is 14.8.